The van der Waals surface area contributed by atoms with E-state index in [4.69, 9.17) is 9.57 Å². The summed E-state index contributed by atoms with van der Waals surface area (Å²) in [5.74, 6) is 2.01. The second kappa shape index (κ2) is 4.17. The van der Waals surface area contributed by atoms with Crippen molar-refractivity contribution in [1.82, 2.24) is 5.48 Å². The summed E-state index contributed by atoms with van der Waals surface area (Å²) in [6.45, 7) is 0.725. The Hall–Kier alpha value is -2.20. The van der Waals surface area contributed by atoms with Gasteiger partial charge in [0.25, 0.3) is 0 Å². The molecule has 0 radical (unpaired) electrons. The second-order valence-electron chi connectivity index (χ2n) is 4.77. The molecule has 4 heteroatoms. The maximum absolute atomic E-state index is 6.00. The largest absolute Gasteiger partial charge is 0.468 e. The molecule has 0 spiro atoms. The Balaban J connectivity index is 1.66. The summed E-state index contributed by atoms with van der Waals surface area (Å²) < 4.78 is 6.00. The lowest BCUT2D eigenvalue weighted by atomic mass is 9.95. The summed E-state index contributed by atoms with van der Waals surface area (Å²) in [4.78, 5) is 5.46. The maximum atomic E-state index is 6.00. The molecule has 0 bridgehead atoms. The van der Waals surface area contributed by atoms with E-state index in [1.165, 1.54) is 5.56 Å². The number of benzene rings is 2. The van der Waals surface area contributed by atoms with E-state index in [9.17, 15) is 0 Å². The first kappa shape index (κ1) is 10.7. The molecule has 2 N–H and O–H groups in total. The summed E-state index contributed by atoms with van der Waals surface area (Å²) in [6.07, 6.45) is -0.0602. The Morgan fingerprint density at radius 3 is 2.63 bits per heavy atom. The third-order valence-corrected chi connectivity index (χ3v) is 3.61. The van der Waals surface area contributed by atoms with Gasteiger partial charge in [0.05, 0.1) is 11.6 Å². The van der Waals surface area contributed by atoms with E-state index in [1.807, 2.05) is 42.5 Å². The molecule has 19 heavy (non-hydrogen) atoms. The highest BCUT2D eigenvalue weighted by Gasteiger charge is 2.34. The standard InChI is InChI=1S/C15H14N2O2/c1-3-7-13-10(5-1)11(9-16-19-13)15-17-12-6-2-4-8-14(12)18-15/h1-8,11,15-17H,9H2. The van der Waals surface area contributed by atoms with E-state index in [-0.39, 0.29) is 12.1 Å². The number of rotatable bonds is 1. The van der Waals surface area contributed by atoms with Crippen LogP contribution in [0.5, 0.6) is 11.5 Å². The van der Waals surface area contributed by atoms with E-state index >= 15 is 0 Å². The van der Waals surface area contributed by atoms with Crippen molar-refractivity contribution < 1.29 is 9.57 Å². The van der Waals surface area contributed by atoms with Crippen molar-refractivity contribution in [3.8, 4) is 11.5 Å². The Kier molecular flexibility index (Phi) is 2.35. The molecule has 2 aromatic carbocycles. The smallest absolute Gasteiger partial charge is 0.178 e. The second-order valence-corrected chi connectivity index (χ2v) is 4.77. The van der Waals surface area contributed by atoms with Crippen LogP contribution in [0.2, 0.25) is 0 Å². The minimum atomic E-state index is -0.0602. The highest BCUT2D eigenvalue weighted by atomic mass is 16.6. The number of nitrogens with one attached hydrogen (secondary N) is 2. The fourth-order valence-corrected chi connectivity index (χ4v) is 2.66. The molecule has 2 aliphatic rings. The third-order valence-electron chi connectivity index (χ3n) is 3.61. The van der Waals surface area contributed by atoms with Crippen molar-refractivity contribution in [3.63, 3.8) is 0 Å². The molecule has 0 saturated heterocycles. The van der Waals surface area contributed by atoms with Crippen molar-refractivity contribution >= 4 is 5.69 Å². The van der Waals surface area contributed by atoms with Gasteiger partial charge in [0.2, 0.25) is 0 Å². The summed E-state index contributed by atoms with van der Waals surface area (Å²) in [6, 6.07) is 16.1. The zero-order chi connectivity index (χ0) is 12.7. The maximum Gasteiger partial charge on any atom is 0.178 e. The Labute approximate surface area is 111 Å². The zero-order valence-electron chi connectivity index (χ0n) is 10.3. The summed E-state index contributed by atoms with van der Waals surface area (Å²) in [5, 5.41) is 3.43. The van der Waals surface area contributed by atoms with Crippen LogP contribution in [-0.2, 0) is 0 Å². The molecule has 0 amide bonds. The van der Waals surface area contributed by atoms with Crippen molar-refractivity contribution in [2.75, 3.05) is 11.9 Å². The van der Waals surface area contributed by atoms with E-state index in [1.54, 1.807) is 0 Å². The minimum absolute atomic E-state index is 0.0602. The fourth-order valence-electron chi connectivity index (χ4n) is 2.66. The lowest BCUT2D eigenvalue weighted by Crippen LogP contribution is -2.40. The first-order chi connectivity index (χ1) is 9.42. The molecule has 0 aliphatic carbocycles. The Morgan fingerprint density at radius 1 is 0.947 bits per heavy atom. The van der Waals surface area contributed by atoms with Crippen LogP contribution in [0.25, 0.3) is 0 Å². The predicted molar refractivity (Wildman–Crippen MR) is 72.3 cm³/mol. The molecular formula is C15H14N2O2. The Morgan fingerprint density at radius 2 is 1.74 bits per heavy atom. The quantitative estimate of drug-likeness (QED) is 0.820. The van der Waals surface area contributed by atoms with Crippen LogP contribution in [0.15, 0.2) is 48.5 Å². The number of ether oxygens (including phenoxy) is 1. The van der Waals surface area contributed by atoms with Gasteiger partial charge in [-0.2, -0.15) is 5.48 Å². The fraction of sp³-hybridized carbons (Fsp3) is 0.200. The molecular weight excluding hydrogens is 240 g/mol. The summed E-state index contributed by atoms with van der Waals surface area (Å²) in [7, 11) is 0. The molecule has 0 aromatic heterocycles. The lowest BCUT2D eigenvalue weighted by Gasteiger charge is -2.29. The minimum Gasteiger partial charge on any atom is -0.468 e. The number of hydrogen-bond acceptors (Lipinski definition) is 4. The van der Waals surface area contributed by atoms with Crippen molar-refractivity contribution in [2.24, 2.45) is 0 Å². The highest BCUT2D eigenvalue weighted by Crippen LogP contribution is 2.39. The van der Waals surface area contributed by atoms with E-state index < -0.39 is 0 Å². The Bertz CT molecular complexity index is 590. The normalized spacial score (nSPS) is 23.6. The molecule has 96 valence electrons. The molecule has 2 unspecified atom stereocenters. The summed E-state index contributed by atoms with van der Waals surface area (Å²) >= 11 is 0. The molecule has 2 heterocycles. The van der Waals surface area contributed by atoms with Gasteiger partial charge < -0.3 is 14.9 Å². The van der Waals surface area contributed by atoms with Crippen LogP contribution in [-0.4, -0.2) is 12.8 Å². The van der Waals surface area contributed by atoms with Crippen LogP contribution in [0.1, 0.15) is 11.5 Å². The number of anilines is 1. The van der Waals surface area contributed by atoms with Crippen molar-refractivity contribution in [2.45, 2.75) is 12.1 Å². The molecule has 0 saturated carbocycles. The number of hydroxylamine groups is 1. The third kappa shape index (κ3) is 1.72. The number of hydrogen-bond donors (Lipinski definition) is 2. The van der Waals surface area contributed by atoms with Gasteiger partial charge in [0.15, 0.2) is 12.0 Å². The van der Waals surface area contributed by atoms with Gasteiger partial charge in [-0.15, -0.1) is 0 Å². The predicted octanol–water partition coefficient (Wildman–Crippen LogP) is 2.50. The molecule has 0 fully saturated rings. The average molecular weight is 254 g/mol. The molecule has 2 aliphatic heterocycles. The van der Waals surface area contributed by atoms with E-state index in [0.717, 1.165) is 23.7 Å². The van der Waals surface area contributed by atoms with Crippen LogP contribution >= 0.6 is 0 Å². The topological polar surface area (TPSA) is 42.5 Å². The first-order valence-electron chi connectivity index (χ1n) is 6.43. The SMILES string of the molecule is c1ccc2c(c1)NC(C1CNOc3ccccc31)O2. The number of fused-ring (bicyclic) bond motifs is 2. The zero-order valence-corrected chi connectivity index (χ0v) is 10.3. The van der Waals surface area contributed by atoms with Crippen LogP contribution in [0, 0.1) is 0 Å². The first-order valence-corrected chi connectivity index (χ1v) is 6.43. The van der Waals surface area contributed by atoms with Crippen LogP contribution in [0.4, 0.5) is 5.69 Å². The lowest BCUT2D eigenvalue weighted by molar-refractivity contribution is 0.126. The summed E-state index contributed by atoms with van der Waals surface area (Å²) in [5.41, 5.74) is 5.20. The van der Waals surface area contributed by atoms with Gasteiger partial charge >= 0.3 is 0 Å². The highest BCUT2D eigenvalue weighted by molar-refractivity contribution is 5.60. The van der Waals surface area contributed by atoms with E-state index in [2.05, 4.69) is 16.9 Å². The van der Waals surface area contributed by atoms with Gasteiger partial charge in [0, 0.05) is 12.1 Å². The van der Waals surface area contributed by atoms with Crippen molar-refractivity contribution in [1.29, 1.82) is 0 Å². The van der Waals surface area contributed by atoms with E-state index in [0.29, 0.717) is 0 Å². The van der Waals surface area contributed by atoms with Crippen LogP contribution < -0.4 is 20.4 Å². The molecule has 4 rings (SSSR count). The van der Waals surface area contributed by atoms with Gasteiger partial charge in [0.1, 0.15) is 5.75 Å². The average Bonchev–Trinajstić information content (AvgIpc) is 2.90. The van der Waals surface area contributed by atoms with Crippen molar-refractivity contribution in [3.05, 3.63) is 54.1 Å². The monoisotopic (exact) mass is 254 g/mol. The van der Waals surface area contributed by atoms with Gasteiger partial charge in [-0.1, -0.05) is 30.3 Å². The van der Waals surface area contributed by atoms with Gasteiger partial charge in [-0.05, 0) is 18.2 Å². The van der Waals surface area contributed by atoms with Crippen LogP contribution in [0.3, 0.4) is 0 Å². The number of para-hydroxylation sites is 3. The van der Waals surface area contributed by atoms with Gasteiger partial charge in [-0.25, -0.2) is 0 Å². The molecule has 2 aromatic rings. The molecule has 2 atom stereocenters. The van der Waals surface area contributed by atoms with Gasteiger partial charge in [-0.3, -0.25) is 0 Å². The molecule has 4 nitrogen and oxygen atoms in total.